The molecule has 14 heavy (non-hydrogen) atoms. The molecule has 1 aromatic heterocycles. The Kier molecular flexibility index (Phi) is 3.78. The molecule has 0 aromatic carbocycles. The summed E-state index contributed by atoms with van der Waals surface area (Å²) in [7, 11) is 0. The molecule has 0 saturated heterocycles. The lowest BCUT2D eigenvalue weighted by molar-refractivity contribution is 0.682. The summed E-state index contributed by atoms with van der Waals surface area (Å²) in [4.78, 5) is 1.44. The minimum absolute atomic E-state index is 1.03. The van der Waals surface area contributed by atoms with Crippen LogP contribution in [0.5, 0.6) is 0 Å². The number of hydrogen-bond donors (Lipinski definition) is 1. The van der Waals surface area contributed by atoms with Crippen LogP contribution in [0.15, 0.2) is 29.2 Å². The molecule has 2 heteroatoms. The van der Waals surface area contributed by atoms with Gasteiger partial charge in [0.15, 0.2) is 0 Å². The van der Waals surface area contributed by atoms with Crippen molar-refractivity contribution in [1.82, 2.24) is 5.32 Å². The second-order valence-corrected chi connectivity index (χ2v) is 4.79. The summed E-state index contributed by atoms with van der Waals surface area (Å²) in [5.74, 6) is 0. The van der Waals surface area contributed by atoms with Crippen molar-refractivity contribution in [1.29, 1.82) is 0 Å². The minimum Gasteiger partial charge on any atom is -0.312 e. The first-order chi connectivity index (χ1) is 6.95. The van der Waals surface area contributed by atoms with E-state index in [0.29, 0.717) is 0 Å². The summed E-state index contributed by atoms with van der Waals surface area (Å²) in [5.41, 5.74) is 1.66. The van der Waals surface area contributed by atoms with Gasteiger partial charge in [0.2, 0.25) is 0 Å². The number of nitrogens with one attached hydrogen (secondary N) is 1. The highest BCUT2D eigenvalue weighted by Gasteiger charge is 2.03. The summed E-state index contributed by atoms with van der Waals surface area (Å²) in [6, 6.07) is 4.30. The van der Waals surface area contributed by atoms with Gasteiger partial charge in [-0.05, 0) is 43.7 Å². The largest absolute Gasteiger partial charge is 0.312 e. The molecule has 0 saturated carbocycles. The van der Waals surface area contributed by atoms with Gasteiger partial charge in [-0.25, -0.2) is 0 Å². The molecule has 76 valence electrons. The maximum Gasteiger partial charge on any atom is 0.0299 e. The lowest BCUT2D eigenvalue weighted by Crippen LogP contribution is -2.14. The molecule has 1 N–H and O–H groups in total. The molecule has 0 aliphatic heterocycles. The fourth-order valence-electron chi connectivity index (χ4n) is 1.84. The Bertz CT molecular complexity index is 287. The fraction of sp³-hybridized carbons (Fsp3) is 0.500. The highest BCUT2D eigenvalue weighted by Crippen LogP contribution is 2.19. The van der Waals surface area contributed by atoms with Crippen LogP contribution in [0, 0.1) is 0 Å². The third kappa shape index (κ3) is 2.96. The highest BCUT2D eigenvalue weighted by molar-refractivity contribution is 7.09. The van der Waals surface area contributed by atoms with Crippen molar-refractivity contribution < 1.29 is 0 Å². The van der Waals surface area contributed by atoms with Crippen LogP contribution in [0.3, 0.4) is 0 Å². The van der Waals surface area contributed by atoms with E-state index in [1.54, 1.807) is 5.57 Å². The summed E-state index contributed by atoms with van der Waals surface area (Å²) < 4.78 is 0. The van der Waals surface area contributed by atoms with Crippen LogP contribution < -0.4 is 5.32 Å². The lowest BCUT2D eigenvalue weighted by Gasteiger charge is -2.03. The first-order valence-corrected chi connectivity index (χ1v) is 6.24. The van der Waals surface area contributed by atoms with Crippen molar-refractivity contribution in [3.05, 3.63) is 34.0 Å². The van der Waals surface area contributed by atoms with E-state index in [2.05, 4.69) is 28.9 Å². The number of rotatable bonds is 5. The van der Waals surface area contributed by atoms with Crippen LogP contribution in [0.4, 0.5) is 0 Å². The van der Waals surface area contributed by atoms with E-state index < -0.39 is 0 Å². The Balaban J connectivity index is 1.59. The summed E-state index contributed by atoms with van der Waals surface area (Å²) in [5, 5.41) is 5.62. The average molecular weight is 207 g/mol. The van der Waals surface area contributed by atoms with Gasteiger partial charge in [0, 0.05) is 11.4 Å². The summed E-state index contributed by atoms with van der Waals surface area (Å²) in [6.45, 7) is 2.16. The maximum atomic E-state index is 3.48. The monoisotopic (exact) mass is 207 g/mol. The van der Waals surface area contributed by atoms with Gasteiger partial charge in [0.25, 0.3) is 0 Å². The molecule has 0 atom stereocenters. The van der Waals surface area contributed by atoms with Crippen molar-refractivity contribution in [2.24, 2.45) is 0 Å². The SMILES string of the molecule is C1=C(CCNCc2cccs2)CCC1. The molecule has 1 nitrogen and oxygen atoms in total. The van der Waals surface area contributed by atoms with Gasteiger partial charge in [-0.2, -0.15) is 0 Å². The molecule has 2 rings (SSSR count). The van der Waals surface area contributed by atoms with E-state index in [4.69, 9.17) is 0 Å². The van der Waals surface area contributed by atoms with Crippen molar-refractivity contribution >= 4 is 11.3 Å². The first kappa shape index (κ1) is 9.94. The Hall–Kier alpha value is -0.600. The topological polar surface area (TPSA) is 12.0 Å². The fourth-order valence-corrected chi connectivity index (χ4v) is 2.51. The molecule has 1 heterocycles. The van der Waals surface area contributed by atoms with E-state index in [1.807, 2.05) is 11.3 Å². The van der Waals surface area contributed by atoms with Gasteiger partial charge in [-0.15, -0.1) is 11.3 Å². The van der Waals surface area contributed by atoms with E-state index in [9.17, 15) is 0 Å². The van der Waals surface area contributed by atoms with Crippen LogP contribution in [-0.4, -0.2) is 6.54 Å². The van der Waals surface area contributed by atoms with Crippen LogP contribution in [-0.2, 0) is 6.54 Å². The molecular weight excluding hydrogens is 190 g/mol. The predicted octanol–water partition coefficient (Wildman–Crippen LogP) is 3.34. The Morgan fingerprint density at radius 1 is 1.43 bits per heavy atom. The normalized spacial score (nSPS) is 15.9. The van der Waals surface area contributed by atoms with Crippen LogP contribution >= 0.6 is 11.3 Å². The highest BCUT2D eigenvalue weighted by atomic mass is 32.1. The van der Waals surface area contributed by atoms with Crippen LogP contribution in [0.1, 0.15) is 30.6 Å². The van der Waals surface area contributed by atoms with Crippen LogP contribution in [0.25, 0.3) is 0 Å². The quantitative estimate of drug-likeness (QED) is 0.577. The van der Waals surface area contributed by atoms with Gasteiger partial charge in [-0.1, -0.05) is 17.7 Å². The molecule has 0 spiro atoms. The second-order valence-electron chi connectivity index (χ2n) is 3.76. The standard InChI is InChI=1S/C12H17NS/c1-2-5-11(4-1)7-8-13-10-12-6-3-9-14-12/h3-4,6,9,13H,1-2,5,7-8,10H2. The molecule has 1 aromatic rings. The van der Waals surface area contributed by atoms with Gasteiger partial charge in [0.05, 0.1) is 0 Å². The van der Waals surface area contributed by atoms with E-state index in [1.165, 1.54) is 30.6 Å². The Morgan fingerprint density at radius 2 is 2.43 bits per heavy atom. The maximum absolute atomic E-state index is 3.48. The molecular formula is C12H17NS. The van der Waals surface area contributed by atoms with Gasteiger partial charge in [-0.3, -0.25) is 0 Å². The molecule has 0 unspecified atom stereocenters. The van der Waals surface area contributed by atoms with Gasteiger partial charge >= 0.3 is 0 Å². The zero-order chi connectivity index (χ0) is 9.64. The average Bonchev–Trinajstić information content (AvgIpc) is 2.86. The second kappa shape index (κ2) is 5.32. The van der Waals surface area contributed by atoms with Crippen molar-refractivity contribution in [2.75, 3.05) is 6.54 Å². The first-order valence-electron chi connectivity index (χ1n) is 5.36. The zero-order valence-electron chi connectivity index (χ0n) is 8.46. The van der Waals surface area contributed by atoms with E-state index in [0.717, 1.165) is 13.1 Å². The Morgan fingerprint density at radius 3 is 3.14 bits per heavy atom. The van der Waals surface area contributed by atoms with E-state index >= 15 is 0 Å². The lowest BCUT2D eigenvalue weighted by atomic mass is 10.2. The van der Waals surface area contributed by atoms with Crippen molar-refractivity contribution in [2.45, 2.75) is 32.2 Å². The van der Waals surface area contributed by atoms with Crippen molar-refractivity contribution in [3.63, 3.8) is 0 Å². The summed E-state index contributed by atoms with van der Waals surface area (Å²) >= 11 is 1.83. The van der Waals surface area contributed by atoms with Gasteiger partial charge < -0.3 is 5.32 Å². The Labute approximate surface area is 89.8 Å². The minimum atomic E-state index is 1.03. The van der Waals surface area contributed by atoms with Crippen LogP contribution in [0.2, 0.25) is 0 Å². The molecule has 0 bridgehead atoms. The number of hydrogen-bond acceptors (Lipinski definition) is 2. The smallest absolute Gasteiger partial charge is 0.0299 e. The van der Waals surface area contributed by atoms with Gasteiger partial charge in [0.1, 0.15) is 0 Å². The number of thiophene rings is 1. The zero-order valence-corrected chi connectivity index (χ0v) is 9.28. The molecule has 1 aliphatic carbocycles. The third-order valence-corrected chi connectivity index (χ3v) is 3.51. The molecule has 1 aliphatic rings. The summed E-state index contributed by atoms with van der Waals surface area (Å²) in [6.07, 6.45) is 7.67. The van der Waals surface area contributed by atoms with Crippen molar-refractivity contribution in [3.8, 4) is 0 Å². The third-order valence-electron chi connectivity index (χ3n) is 2.64. The van der Waals surface area contributed by atoms with E-state index in [-0.39, 0.29) is 0 Å². The number of allylic oxidation sites excluding steroid dienone is 1. The molecule has 0 radical (unpaired) electrons. The molecule has 0 amide bonds. The predicted molar refractivity (Wildman–Crippen MR) is 62.6 cm³/mol. The molecule has 0 fully saturated rings.